The molecule has 1 atom stereocenters. The van der Waals surface area contributed by atoms with Crippen LogP contribution < -0.4 is 9.47 Å². The van der Waals surface area contributed by atoms with Crippen LogP contribution in [-0.4, -0.2) is 29.4 Å². The highest BCUT2D eigenvalue weighted by atomic mass is 19.4. The lowest BCUT2D eigenvalue weighted by Gasteiger charge is -2.30. The van der Waals surface area contributed by atoms with E-state index in [1.807, 2.05) is 0 Å². The Hall–Kier alpha value is -3.76. The average molecular weight is 510 g/mol. The van der Waals surface area contributed by atoms with E-state index in [0.29, 0.717) is 23.4 Å². The summed E-state index contributed by atoms with van der Waals surface area (Å²) in [5, 5.41) is 0. The fraction of sp³-hybridized carbons (Fsp3) is 0.280. The van der Waals surface area contributed by atoms with Crippen LogP contribution in [0.2, 0.25) is 0 Å². The van der Waals surface area contributed by atoms with Crippen molar-refractivity contribution in [2.24, 2.45) is 0 Å². The van der Waals surface area contributed by atoms with Gasteiger partial charge in [0.2, 0.25) is 0 Å². The summed E-state index contributed by atoms with van der Waals surface area (Å²) in [5.41, 5.74) is -2.62. The standard InChI is InChI=1S/C25H20F6N2O3/c1-35-19-6-3-2-5-18(19)20-8-10-33(23(34)22-21(36-20)7-4-9-32-22)14-15-11-16(24(26,27)28)13-17(12-15)25(29,30)31/h2-7,9,11-13,20H,8,10,14H2,1H3. The zero-order chi connectivity index (χ0) is 26.1. The average Bonchev–Trinajstić information content (AvgIpc) is 2.83. The maximum atomic E-state index is 13.3. The molecule has 0 radical (unpaired) electrons. The Kier molecular flexibility index (Phi) is 6.83. The fourth-order valence-electron chi connectivity index (χ4n) is 4.02. The molecule has 11 heteroatoms. The van der Waals surface area contributed by atoms with E-state index in [1.165, 1.54) is 24.3 Å². The molecular formula is C25H20F6N2O3. The van der Waals surface area contributed by atoms with Crippen LogP contribution in [0, 0.1) is 0 Å². The van der Waals surface area contributed by atoms with E-state index >= 15 is 0 Å². The molecule has 0 saturated heterocycles. The predicted molar refractivity (Wildman–Crippen MR) is 116 cm³/mol. The Morgan fingerprint density at radius 3 is 2.31 bits per heavy atom. The number of rotatable bonds is 4. The fourth-order valence-corrected chi connectivity index (χ4v) is 4.02. The number of pyridine rings is 1. The van der Waals surface area contributed by atoms with E-state index in [0.717, 1.165) is 0 Å². The normalized spacial score (nSPS) is 16.6. The summed E-state index contributed by atoms with van der Waals surface area (Å²) in [6.45, 7) is -0.504. The Morgan fingerprint density at radius 1 is 1.00 bits per heavy atom. The first-order valence-electron chi connectivity index (χ1n) is 10.8. The highest BCUT2D eigenvalue weighted by Crippen LogP contribution is 2.38. The van der Waals surface area contributed by atoms with Gasteiger partial charge in [-0.2, -0.15) is 26.3 Å². The molecule has 1 amide bonds. The number of ether oxygens (including phenoxy) is 2. The molecule has 1 aliphatic rings. The van der Waals surface area contributed by atoms with Crippen molar-refractivity contribution in [3.05, 3.63) is 88.7 Å². The molecule has 0 spiro atoms. The number of fused-ring (bicyclic) bond motifs is 1. The number of aromatic nitrogens is 1. The lowest BCUT2D eigenvalue weighted by Crippen LogP contribution is -2.35. The maximum absolute atomic E-state index is 13.3. The van der Waals surface area contributed by atoms with Crippen LogP contribution in [0.3, 0.4) is 0 Å². The summed E-state index contributed by atoms with van der Waals surface area (Å²) < 4.78 is 91.5. The Balaban J connectivity index is 1.73. The zero-order valence-electron chi connectivity index (χ0n) is 18.9. The summed E-state index contributed by atoms with van der Waals surface area (Å²) in [7, 11) is 1.49. The van der Waals surface area contributed by atoms with Gasteiger partial charge in [0.15, 0.2) is 11.4 Å². The molecule has 36 heavy (non-hydrogen) atoms. The van der Waals surface area contributed by atoms with Crippen molar-refractivity contribution < 1.29 is 40.6 Å². The first kappa shape index (κ1) is 25.3. The minimum Gasteiger partial charge on any atom is -0.496 e. The van der Waals surface area contributed by atoms with Gasteiger partial charge in [0.25, 0.3) is 5.91 Å². The maximum Gasteiger partial charge on any atom is 0.416 e. The summed E-state index contributed by atoms with van der Waals surface area (Å²) >= 11 is 0. The molecule has 1 unspecified atom stereocenters. The van der Waals surface area contributed by atoms with Crippen LogP contribution in [-0.2, 0) is 18.9 Å². The summed E-state index contributed by atoms with van der Waals surface area (Å²) in [5.74, 6) is -0.00253. The van der Waals surface area contributed by atoms with Crippen LogP contribution in [0.25, 0.3) is 0 Å². The van der Waals surface area contributed by atoms with Crippen LogP contribution in [0.15, 0.2) is 60.8 Å². The van der Waals surface area contributed by atoms with Crippen molar-refractivity contribution in [1.82, 2.24) is 9.88 Å². The van der Waals surface area contributed by atoms with Gasteiger partial charge in [0.1, 0.15) is 11.9 Å². The van der Waals surface area contributed by atoms with Gasteiger partial charge in [-0.05, 0) is 42.0 Å². The quantitative estimate of drug-likeness (QED) is 0.387. The first-order valence-corrected chi connectivity index (χ1v) is 10.8. The predicted octanol–water partition coefficient (Wildman–Crippen LogP) is 6.29. The number of amides is 1. The molecule has 0 bridgehead atoms. The van der Waals surface area contributed by atoms with Crippen LogP contribution >= 0.6 is 0 Å². The van der Waals surface area contributed by atoms with E-state index in [4.69, 9.17) is 9.47 Å². The minimum atomic E-state index is -4.99. The lowest BCUT2D eigenvalue weighted by molar-refractivity contribution is -0.143. The third kappa shape index (κ3) is 5.39. The third-order valence-corrected chi connectivity index (χ3v) is 5.70. The lowest BCUT2D eigenvalue weighted by atomic mass is 10.0. The van der Waals surface area contributed by atoms with Crippen molar-refractivity contribution in [3.63, 3.8) is 0 Å². The molecule has 1 aromatic heterocycles. The van der Waals surface area contributed by atoms with Crippen LogP contribution in [0.5, 0.6) is 11.5 Å². The van der Waals surface area contributed by atoms with Gasteiger partial charge in [-0.1, -0.05) is 18.2 Å². The number of benzene rings is 2. The monoisotopic (exact) mass is 510 g/mol. The molecule has 0 N–H and O–H groups in total. The topological polar surface area (TPSA) is 51.7 Å². The number of halogens is 6. The number of methoxy groups -OCH3 is 1. The molecular weight excluding hydrogens is 490 g/mol. The van der Waals surface area contributed by atoms with Gasteiger partial charge < -0.3 is 14.4 Å². The Morgan fingerprint density at radius 2 is 1.67 bits per heavy atom. The molecule has 190 valence electrons. The second kappa shape index (κ2) is 9.71. The molecule has 0 fully saturated rings. The number of hydrogen-bond donors (Lipinski definition) is 0. The smallest absolute Gasteiger partial charge is 0.416 e. The summed E-state index contributed by atoms with van der Waals surface area (Å²) in [6.07, 6.45) is -9.05. The first-order chi connectivity index (χ1) is 17.0. The number of carbonyl (C=O) groups excluding carboxylic acids is 1. The number of nitrogens with zero attached hydrogens (tertiary/aromatic N) is 2. The van der Waals surface area contributed by atoms with Crippen molar-refractivity contribution in [2.75, 3.05) is 13.7 Å². The molecule has 0 aliphatic carbocycles. The molecule has 2 heterocycles. The number of carbonyl (C=O) groups is 1. The van der Waals surface area contributed by atoms with E-state index in [9.17, 15) is 31.1 Å². The molecule has 2 aromatic carbocycles. The molecule has 5 nitrogen and oxygen atoms in total. The second-order valence-electron chi connectivity index (χ2n) is 8.13. The molecule has 0 saturated carbocycles. The van der Waals surface area contributed by atoms with E-state index < -0.39 is 42.0 Å². The van der Waals surface area contributed by atoms with Crippen LogP contribution in [0.4, 0.5) is 26.3 Å². The number of hydrogen-bond acceptors (Lipinski definition) is 4. The van der Waals surface area contributed by atoms with Crippen molar-refractivity contribution in [1.29, 1.82) is 0 Å². The van der Waals surface area contributed by atoms with Gasteiger partial charge in [-0.3, -0.25) is 4.79 Å². The van der Waals surface area contributed by atoms with Gasteiger partial charge >= 0.3 is 12.4 Å². The third-order valence-electron chi connectivity index (χ3n) is 5.70. The van der Waals surface area contributed by atoms with Crippen molar-refractivity contribution in [3.8, 4) is 11.5 Å². The minimum absolute atomic E-state index is 0.0187. The largest absolute Gasteiger partial charge is 0.496 e. The highest BCUT2D eigenvalue weighted by molar-refractivity contribution is 5.95. The number of alkyl halides is 6. The Bertz CT molecular complexity index is 1230. The molecule has 3 aromatic rings. The van der Waals surface area contributed by atoms with Crippen molar-refractivity contribution in [2.45, 2.75) is 31.4 Å². The highest BCUT2D eigenvalue weighted by Gasteiger charge is 2.37. The zero-order valence-corrected chi connectivity index (χ0v) is 18.9. The summed E-state index contributed by atoms with van der Waals surface area (Å²) in [4.78, 5) is 18.5. The molecule has 4 rings (SSSR count). The van der Waals surface area contributed by atoms with E-state index in [2.05, 4.69) is 4.98 Å². The Labute approximate surface area is 202 Å². The van der Waals surface area contributed by atoms with Gasteiger partial charge in [-0.15, -0.1) is 0 Å². The van der Waals surface area contributed by atoms with E-state index in [-0.39, 0.29) is 36.0 Å². The summed E-state index contributed by atoms with van der Waals surface area (Å²) in [6, 6.07) is 11.4. The SMILES string of the molecule is COc1ccccc1C1CCN(Cc2cc(C(F)(F)F)cc(C(F)(F)F)c2)C(=O)c2ncccc2O1. The number of para-hydroxylation sites is 1. The van der Waals surface area contributed by atoms with E-state index in [1.54, 1.807) is 30.3 Å². The van der Waals surface area contributed by atoms with Crippen LogP contribution in [0.1, 0.15) is 45.3 Å². The van der Waals surface area contributed by atoms with Gasteiger partial charge in [0, 0.05) is 31.3 Å². The van der Waals surface area contributed by atoms with Gasteiger partial charge in [-0.25, -0.2) is 4.98 Å². The molecule has 1 aliphatic heterocycles. The van der Waals surface area contributed by atoms with Gasteiger partial charge in [0.05, 0.1) is 18.2 Å². The second-order valence-corrected chi connectivity index (χ2v) is 8.13. The van der Waals surface area contributed by atoms with Crippen molar-refractivity contribution >= 4 is 5.91 Å².